The molecular weight excluding hydrogens is 390 g/mol. The summed E-state index contributed by atoms with van der Waals surface area (Å²) in [6.45, 7) is 3.21. The molecule has 1 fully saturated rings. The molecule has 0 aromatic heterocycles. The number of fused-ring (bicyclic) bond motifs is 1. The van der Waals surface area contributed by atoms with Gasteiger partial charge in [-0.15, -0.1) is 0 Å². The molecule has 1 aromatic carbocycles. The molecule has 2 aliphatic heterocycles. The monoisotopic (exact) mass is 413 g/mol. The predicted octanol–water partition coefficient (Wildman–Crippen LogP) is -0.553. The van der Waals surface area contributed by atoms with E-state index in [2.05, 4.69) is 10.6 Å². The Hall–Kier alpha value is -2.37. The quantitative estimate of drug-likeness (QED) is 0.621. The molecule has 11 heteroatoms. The third-order valence-corrected chi connectivity index (χ3v) is 6.14. The lowest BCUT2D eigenvalue weighted by molar-refractivity contribution is -0.140. The van der Waals surface area contributed by atoms with E-state index in [0.717, 1.165) is 0 Å². The van der Waals surface area contributed by atoms with E-state index in [-0.39, 0.29) is 18.0 Å². The van der Waals surface area contributed by atoms with Crippen molar-refractivity contribution in [3.8, 4) is 11.5 Å². The van der Waals surface area contributed by atoms with Gasteiger partial charge in [0.15, 0.2) is 11.5 Å². The standard InChI is InChI=1S/C17H23N3O7S/c1-2-18-16(21)17(22)19-11-15-20(6-3-7-27-15)28(23,24)12-4-5-13-14(10-12)26-9-8-25-13/h4-5,10,15H,2-3,6-9,11H2,1H3,(H,18,21)(H,19,22). The Labute approximate surface area is 163 Å². The Morgan fingerprint density at radius 2 is 1.82 bits per heavy atom. The van der Waals surface area contributed by atoms with Crippen molar-refractivity contribution in [3.05, 3.63) is 18.2 Å². The Bertz CT molecular complexity index is 843. The minimum atomic E-state index is -3.90. The highest BCUT2D eigenvalue weighted by atomic mass is 32.2. The van der Waals surface area contributed by atoms with Gasteiger partial charge in [-0.2, -0.15) is 4.31 Å². The molecule has 0 saturated carbocycles. The lowest BCUT2D eigenvalue weighted by Crippen LogP contribution is -2.53. The van der Waals surface area contributed by atoms with Gasteiger partial charge in [-0.05, 0) is 25.5 Å². The summed E-state index contributed by atoms with van der Waals surface area (Å²) in [5.74, 6) is -0.760. The number of amides is 2. The van der Waals surface area contributed by atoms with Gasteiger partial charge in [0.1, 0.15) is 19.4 Å². The molecule has 1 aromatic rings. The Balaban J connectivity index is 1.75. The van der Waals surface area contributed by atoms with Crippen molar-refractivity contribution >= 4 is 21.8 Å². The van der Waals surface area contributed by atoms with Crippen LogP contribution in [-0.2, 0) is 24.3 Å². The number of benzene rings is 1. The zero-order valence-electron chi connectivity index (χ0n) is 15.5. The molecule has 1 saturated heterocycles. The van der Waals surface area contributed by atoms with Crippen molar-refractivity contribution in [1.82, 2.24) is 14.9 Å². The van der Waals surface area contributed by atoms with Gasteiger partial charge < -0.3 is 24.8 Å². The summed E-state index contributed by atoms with van der Waals surface area (Å²) in [5.41, 5.74) is 0. The second kappa shape index (κ2) is 8.76. The van der Waals surface area contributed by atoms with E-state index in [4.69, 9.17) is 14.2 Å². The zero-order valence-corrected chi connectivity index (χ0v) is 16.3. The van der Waals surface area contributed by atoms with Gasteiger partial charge in [0.25, 0.3) is 0 Å². The maximum Gasteiger partial charge on any atom is 0.309 e. The van der Waals surface area contributed by atoms with Crippen LogP contribution in [0.2, 0.25) is 0 Å². The van der Waals surface area contributed by atoms with E-state index in [1.807, 2.05) is 0 Å². The molecule has 0 aliphatic carbocycles. The van der Waals surface area contributed by atoms with Crippen LogP contribution in [0.5, 0.6) is 11.5 Å². The van der Waals surface area contributed by atoms with Crippen LogP contribution >= 0.6 is 0 Å². The fourth-order valence-corrected chi connectivity index (χ4v) is 4.50. The first-order chi connectivity index (χ1) is 13.4. The van der Waals surface area contributed by atoms with E-state index in [1.54, 1.807) is 13.0 Å². The van der Waals surface area contributed by atoms with Gasteiger partial charge in [-0.3, -0.25) is 9.59 Å². The second-order valence-corrected chi connectivity index (χ2v) is 8.06. The SMILES string of the molecule is CCNC(=O)C(=O)NCC1OCCCN1S(=O)(=O)c1ccc2c(c1)OCCO2. The number of rotatable bonds is 5. The average Bonchev–Trinajstić information content (AvgIpc) is 2.72. The van der Waals surface area contributed by atoms with E-state index in [0.29, 0.717) is 44.3 Å². The minimum Gasteiger partial charge on any atom is -0.486 e. The number of carbonyl (C=O) groups excluding carboxylic acids is 2. The normalized spacial score (nSPS) is 19.7. The van der Waals surface area contributed by atoms with Crippen LogP contribution in [0.25, 0.3) is 0 Å². The summed E-state index contributed by atoms with van der Waals surface area (Å²) in [7, 11) is -3.90. The molecular formula is C17H23N3O7S. The zero-order chi connectivity index (χ0) is 20.1. The number of likely N-dealkylation sites (N-methyl/N-ethyl adjacent to an activating group) is 1. The van der Waals surface area contributed by atoms with E-state index >= 15 is 0 Å². The van der Waals surface area contributed by atoms with Gasteiger partial charge in [0.2, 0.25) is 10.0 Å². The van der Waals surface area contributed by atoms with Gasteiger partial charge in [-0.1, -0.05) is 0 Å². The maximum atomic E-state index is 13.1. The van der Waals surface area contributed by atoms with Crippen molar-refractivity contribution < 1.29 is 32.2 Å². The first-order valence-corrected chi connectivity index (χ1v) is 10.5. The largest absolute Gasteiger partial charge is 0.486 e. The Morgan fingerprint density at radius 1 is 1.11 bits per heavy atom. The third-order valence-electron chi connectivity index (χ3n) is 4.26. The molecule has 2 amide bonds. The lowest BCUT2D eigenvalue weighted by Gasteiger charge is -2.34. The molecule has 2 N–H and O–H groups in total. The maximum absolute atomic E-state index is 13.1. The summed E-state index contributed by atoms with van der Waals surface area (Å²) < 4.78 is 43.9. The number of nitrogens with zero attached hydrogens (tertiary/aromatic N) is 1. The average molecular weight is 413 g/mol. The highest BCUT2D eigenvalue weighted by Gasteiger charge is 2.35. The van der Waals surface area contributed by atoms with Crippen molar-refractivity contribution in [3.63, 3.8) is 0 Å². The fraction of sp³-hybridized carbons (Fsp3) is 0.529. The van der Waals surface area contributed by atoms with Crippen LogP contribution in [-0.4, -0.2) is 70.2 Å². The molecule has 1 atom stereocenters. The van der Waals surface area contributed by atoms with Crippen LogP contribution in [0, 0.1) is 0 Å². The highest BCUT2D eigenvalue weighted by Crippen LogP contribution is 2.33. The van der Waals surface area contributed by atoms with E-state index in [9.17, 15) is 18.0 Å². The first kappa shape index (κ1) is 20.4. The molecule has 0 spiro atoms. The summed E-state index contributed by atoms with van der Waals surface area (Å²) in [4.78, 5) is 23.4. The third kappa shape index (κ3) is 4.37. The Morgan fingerprint density at radius 3 is 2.57 bits per heavy atom. The number of hydrogen-bond donors (Lipinski definition) is 2. The molecule has 2 aliphatic rings. The van der Waals surface area contributed by atoms with E-state index < -0.39 is 28.1 Å². The summed E-state index contributed by atoms with van der Waals surface area (Å²) >= 11 is 0. The fourth-order valence-electron chi connectivity index (χ4n) is 2.92. The highest BCUT2D eigenvalue weighted by molar-refractivity contribution is 7.89. The molecule has 2 heterocycles. The summed E-state index contributed by atoms with van der Waals surface area (Å²) in [6.07, 6.45) is -0.393. The Kier molecular flexibility index (Phi) is 6.37. The molecule has 154 valence electrons. The summed E-state index contributed by atoms with van der Waals surface area (Å²) in [5, 5.41) is 4.79. The van der Waals surface area contributed by atoms with Crippen molar-refractivity contribution in [1.29, 1.82) is 0 Å². The van der Waals surface area contributed by atoms with Crippen LogP contribution < -0.4 is 20.1 Å². The van der Waals surface area contributed by atoms with Gasteiger partial charge in [0.05, 0.1) is 18.0 Å². The number of nitrogens with one attached hydrogen (secondary N) is 2. The molecule has 1 unspecified atom stereocenters. The molecule has 3 rings (SSSR count). The van der Waals surface area contributed by atoms with Crippen LogP contribution in [0.3, 0.4) is 0 Å². The van der Waals surface area contributed by atoms with E-state index in [1.165, 1.54) is 16.4 Å². The number of ether oxygens (including phenoxy) is 3. The van der Waals surface area contributed by atoms with Crippen molar-refractivity contribution in [2.24, 2.45) is 0 Å². The molecule has 10 nitrogen and oxygen atoms in total. The number of sulfonamides is 1. The molecule has 28 heavy (non-hydrogen) atoms. The van der Waals surface area contributed by atoms with Crippen LogP contribution in [0.4, 0.5) is 0 Å². The smallest absolute Gasteiger partial charge is 0.309 e. The summed E-state index contributed by atoms with van der Waals surface area (Å²) in [6, 6.07) is 4.42. The number of hydrogen-bond acceptors (Lipinski definition) is 7. The van der Waals surface area contributed by atoms with Gasteiger partial charge in [-0.25, -0.2) is 8.42 Å². The van der Waals surface area contributed by atoms with Gasteiger partial charge >= 0.3 is 11.8 Å². The predicted molar refractivity (Wildman–Crippen MR) is 97.4 cm³/mol. The molecule has 0 radical (unpaired) electrons. The van der Waals surface area contributed by atoms with Crippen LogP contribution in [0.15, 0.2) is 23.1 Å². The second-order valence-electron chi connectivity index (χ2n) is 6.17. The molecule has 0 bridgehead atoms. The minimum absolute atomic E-state index is 0.0438. The van der Waals surface area contributed by atoms with Crippen molar-refractivity contribution in [2.75, 3.05) is 39.5 Å². The topological polar surface area (TPSA) is 123 Å². The van der Waals surface area contributed by atoms with Crippen LogP contribution in [0.1, 0.15) is 13.3 Å². The lowest BCUT2D eigenvalue weighted by atomic mass is 10.3. The number of carbonyl (C=O) groups is 2. The first-order valence-electron chi connectivity index (χ1n) is 9.02. The van der Waals surface area contributed by atoms with Crippen molar-refractivity contribution in [2.45, 2.75) is 24.5 Å². The van der Waals surface area contributed by atoms with Gasteiger partial charge in [0, 0.05) is 19.2 Å².